The molecule has 0 aliphatic carbocycles. The molecular weight excluding hydrogens is 397 g/mol. The quantitative estimate of drug-likeness (QED) is 0.115. The molecule has 3 atom stereocenters. The molecule has 0 aliphatic rings. The van der Waals surface area contributed by atoms with Crippen LogP contribution in [0.3, 0.4) is 0 Å². The van der Waals surface area contributed by atoms with E-state index in [2.05, 4.69) is 0 Å². The molecule has 3 unspecified atom stereocenters. The highest BCUT2D eigenvalue weighted by Gasteiger charge is 2.35. The number of aliphatic carboxylic acids is 1. The van der Waals surface area contributed by atoms with Gasteiger partial charge in [0.1, 0.15) is 0 Å². The average Bonchev–Trinajstić information content (AvgIpc) is 2.63. The summed E-state index contributed by atoms with van der Waals surface area (Å²) in [6, 6.07) is 0. The van der Waals surface area contributed by atoms with E-state index in [0.717, 1.165) is 32.3 Å². The van der Waals surface area contributed by atoms with Gasteiger partial charge >= 0.3 is 14.6 Å². The zero-order valence-electron chi connectivity index (χ0n) is 18.7. The normalized spacial score (nSPS) is 15.2. The van der Waals surface area contributed by atoms with Crippen LogP contribution in [0.25, 0.3) is 0 Å². The largest absolute Gasteiger partial charge is 0.481 e. The van der Waals surface area contributed by atoms with E-state index in [1.165, 1.54) is 38.5 Å². The molecule has 0 aliphatic heterocycles. The first-order chi connectivity index (χ1) is 13.7. The molecule has 0 amide bonds. The summed E-state index contributed by atoms with van der Waals surface area (Å²) in [6.45, 7) is 1.22. The van der Waals surface area contributed by atoms with Gasteiger partial charge in [-0.3, -0.25) is 9.32 Å². The Morgan fingerprint density at radius 3 is 1.76 bits per heavy atom. The van der Waals surface area contributed by atoms with Crippen LogP contribution >= 0.6 is 8.60 Å². The van der Waals surface area contributed by atoms with Crippen molar-refractivity contribution in [1.82, 2.24) is 0 Å². The molecule has 0 saturated heterocycles. The van der Waals surface area contributed by atoms with Crippen molar-refractivity contribution in [2.24, 2.45) is 0 Å². The Labute approximate surface area is 177 Å². The molecule has 0 spiro atoms. The molecule has 0 saturated carbocycles. The van der Waals surface area contributed by atoms with Crippen molar-refractivity contribution in [3.8, 4) is 0 Å². The molecule has 0 bridgehead atoms. The number of carboxylic acids is 1. The molecule has 8 nitrogen and oxygen atoms in total. The van der Waals surface area contributed by atoms with Gasteiger partial charge in [-0.2, -0.15) is 0 Å². The Hall–Kier alpha value is -0.340. The van der Waals surface area contributed by atoms with Gasteiger partial charge in [0, 0.05) is 13.7 Å². The fourth-order valence-electron chi connectivity index (χ4n) is 2.92. The summed E-state index contributed by atoms with van der Waals surface area (Å²) in [4.78, 5) is 20.9. The Bertz CT molecular complexity index is 407. The summed E-state index contributed by atoms with van der Waals surface area (Å²) in [6.07, 6.45) is 9.18. The Kier molecular flexibility index (Phi) is 17.1. The van der Waals surface area contributed by atoms with Crippen LogP contribution < -0.4 is 0 Å². The lowest BCUT2D eigenvalue weighted by atomic mass is 10.1. The molecule has 3 N–H and O–H groups in total. The van der Waals surface area contributed by atoms with Crippen molar-refractivity contribution < 1.29 is 38.2 Å². The van der Waals surface area contributed by atoms with E-state index in [1.54, 1.807) is 28.3 Å². The minimum atomic E-state index is -2.21. The number of hydrogen-bond acceptors (Lipinski definition) is 6. The molecule has 0 aromatic carbocycles. The van der Waals surface area contributed by atoms with Gasteiger partial charge in [0.25, 0.3) is 0 Å². The van der Waals surface area contributed by atoms with Crippen molar-refractivity contribution in [3.05, 3.63) is 0 Å². The minimum Gasteiger partial charge on any atom is -0.481 e. The third-order valence-corrected chi connectivity index (χ3v) is 5.53. The fraction of sp³-hybridized carbons (Fsp3) is 0.950. The third-order valence-electron chi connectivity index (χ3n) is 4.67. The number of ether oxygens (including phenoxy) is 1. The maximum atomic E-state index is 11.0. The number of rotatable bonds is 20. The zero-order chi connectivity index (χ0) is 22.1. The van der Waals surface area contributed by atoms with E-state index < -0.39 is 33.3 Å². The molecule has 0 aromatic heterocycles. The molecule has 174 valence electrons. The number of carboxylic acid groups (broad SMARTS) is 1. The number of quaternary nitrogens is 1. The van der Waals surface area contributed by atoms with Crippen LogP contribution in [0.2, 0.25) is 0 Å². The van der Waals surface area contributed by atoms with Crippen LogP contribution in [0, 0.1) is 0 Å². The molecule has 9 heteroatoms. The van der Waals surface area contributed by atoms with Crippen molar-refractivity contribution in [1.29, 1.82) is 0 Å². The van der Waals surface area contributed by atoms with E-state index in [0.29, 0.717) is 6.61 Å². The summed E-state index contributed by atoms with van der Waals surface area (Å²) < 4.78 is 15.7. The fourth-order valence-corrected chi connectivity index (χ4v) is 3.68. The SMILES string of the molecule is COCCCCCCCCCCCCOP(O)OC(CC(=O)O)C(O)[N+](C)(C)C. The Morgan fingerprint density at radius 1 is 0.897 bits per heavy atom. The van der Waals surface area contributed by atoms with Crippen LogP contribution in [0.15, 0.2) is 0 Å². The molecular formula is C20H43NO7P+. The molecule has 0 aromatic rings. The van der Waals surface area contributed by atoms with Crippen molar-refractivity contribution >= 4 is 14.6 Å². The number of carbonyl (C=O) groups is 1. The highest BCUT2D eigenvalue weighted by atomic mass is 31.2. The van der Waals surface area contributed by atoms with Crippen LogP contribution in [-0.4, -0.2) is 79.4 Å². The number of nitrogens with zero attached hydrogens (tertiary/aromatic N) is 1. The second-order valence-electron chi connectivity index (χ2n) is 8.37. The topological polar surface area (TPSA) is 105 Å². The molecule has 0 rings (SSSR count). The van der Waals surface area contributed by atoms with Gasteiger partial charge in [-0.15, -0.1) is 0 Å². The monoisotopic (exact) mass is 440 g/mol. The van der Waals surface area contributed by atoms with Gasteiger partial charge in [0.05, 0.1) is 34.2 Å². The number of aliphatic hydroxyl groups is 1. The first-order valence-electron chi connectivity index (χ1n) is 10.7. The second kappa shape index (κ2) is 17.4. The summed E-state index contributed by atoms with van der Waals surface area (Å²) >= 11 is 0. The predicted octanol–water partition coefficient (Wildman–Crippen LogP) is 3.65. The minimum absolute atomic E-state index is 0.105. The van der Waals surface area contributed by atoms with E-state index in [1.807, 2.05) is 0 Å². The maximum Gasteiger partial charge on any atom is 0.330 e. The predicted molar refractivity (Wildman–Crippen MR) is 114 cm³/mol. The van der Waals surface area contributed by atoms with Gasteiger partial charge in [0.2, 0.25) is 6.23 Å². The summed E-state index contributed by atoms with van der Waals surface area (Å²) in [5.74, 6) is -1.10. The number of methoxy groups -OCH3 is 1. The second-order valence-corrected chi connectivity index (χ2v) is 9.32. The summed E-state index contributed by atoms with van der Waals surface area (Å²) in [7, 11) is 4.71. The lowest BCUT2D eigenvalue weighted by Crippen LogP contribution is -2.52. The first-order valence-corrected chi connectivity index (χ1v) is 11.8. The Balaban J connectivity index is 3.76. The molecule has 0 fully saturated rings. The average molecular weight is 441 g/mol. The van der Waals surface area contributed by atoms with Gasteiger partial charge in [-0.1, -0.05) is 51.4 Å². The van der Waals surface area contributed by atoms with Crippen LogP contribution in [0.4, 0.5) is 0 Å². The zero-order valence-corrected chi connectivity index (χ0v) is 19.6. The number of unbranched alkanes of at least 4 members (excludes halogenated alkanes) is 9. The van der Waals surface area contributed by atoms with Crippen LogP contribution in [0.5, 0.6) is 0 Å². The van der Waals surface area contributed by atoms with Crippen LogP contribution in [-0.2, 0) is 18.6 Å². The van der Waals surface area contributed by atoms with Gasteiger partial charge in [0.15, 0.2) is 6.10 Å². The van der Waals surface area contributed by atoms with E-state index in [-0.39, 0.29) is 4.48 Å². The smallest absolute Gasteiger partial charge is 0.330 e. The van der Waals surface area contributed by atoms with Gasteiger partial charge < -0.3 is 28.9 Å². The molecule has 29 heavy (non-hydrogen) atoms. The highest BCUT2D eigenvalue weighted by molar-refractivity contribution is 7.40. The number of aliphatic hydroxyl groups excluding tert-OH is 1. The number of hydrogen-bond donors (Lipinski definition) is 3. The van der Waals surface area contributed by atoms with Gasteiger partial charge in [-0.25, -0.2) is 0 Å². The molecule has 0 heterocycles. The van der Waals surface area contributed by atoms with Gasteiger partial charge in [-0.05, 0) is 12.8 Å². The van der Waals surface area contributed by atoms with E-state index in [9.17, 15) is 14.8 Å². The first kappa shape index (κ1) is 28.7. The van der Waals surface area contributed by atoms with E-state index in [4.69, 9.17) is 18.9 Å². The van der Waals surface area contributed by atoms with Crippen molar-refractivity contribution in [2.75, 3.05) is 41.5 Å². The van der Waals surface area contributed by atoms with Crippen molar-refractivity contribution in [3.63, 3.8) is 0 Å². The van der Waals surface area contributed by atoms with Crippen molar-refractivity contribution in [2.45, 2.75) is 83.0 Å². The maximum absolute atomic E-state index is 11.0. The lowest BCUT2D eigenvalue weighted by Gasteiger charge is -2.34. The standard InChI is InChI=1S/C20H42NO7P/c1-21(2,3)20(24)18(17-19(22)23)28-29(25)27-16-14-12-10-8-6-5-7-9-11-13-15-26-4/h18,20,24-25H,5-17H2,1-4H3/p+1. The highest BCUT2D eigenvalue weighted by Crippen LogP contribution is 2.37. The third kappa shape index (κ3) is 17.1. The Morgan fingerprint density at radius 2 is 1.34 bits per heavy atom. The number of likely N-dealkylation sites (N-methyl/N-ethyl adjacent to an activating group) is 1. The van der Waals surface area contributed by atoms with E-state index >= 15 is 0 Å². The molecule has 0 radical (unpaired) electrons. The lowest BCUT2D eigenvalue weighted by molar-refractivity contribution is -0.922. The summed E-state index contributed by atoms with van der Waals surface area (Å²) in [5, 5.41) is 19.2. The van der Waals surface area contributed by atoms with Crippen LogP contribution in [0.1, 0.15) is 70.6 Å². The summed E-state index contributed by atoms with van der Waals surface area (Å²) in [5.41, 5.74) is 0.